The molecule has 0 aliphatic rings. The number of rotatable bonds is 9. The van der Waals surface area contributed by atoms with Gasteiger partial charge in [0.2, 0.25) is 0 Å². The summed E-state index contributed by atoms with van der Waals surface area (Å²) < 4.78 is 10.6. The number of aryl methyl sites for hydroxylation is 1. The third kappa shape index (κ3) is 7.21. The lowest BCUT2D eigenvalue weighted by Crippen LogP contribution is -2.25. The van der Waals surface area contributed by atoms with E-state index in [-0.39, 0.29) is 5.92 Å². The molecule has 0 amide bonds. The number of alkyl halides is 1. The Morgan fingerprint density at radius 1 is 0.897 bits per heavy atom. The predicted molar refractivity (Wildman–Crippen MR) is 116 cm³/mol. The highest BCUT2D eigenvalue weighted by Crippen LogP contribution is 2.21. The number of carbonyl (C=O) groups excluding carboxylic acids is 2. The van der Waals surface area contributed by atoms with E-state index in [1.807, 2.05) is 26.0 Å². The van der Waals surface area contributed by atoms with Gasteiger partial charge in [0.15, 0.2) is 0 Å². The van der Waals surface area contributed by atoms with Crippen molar-refractivity contribution in [3.63, 3.8) is 0 Å². The maximum atomic E-state index is 12.3. The van der Waals surface area contributed by atoms with Gasteiger partial charge in [-0.15, -0.1) is 11.6 Å². The van der Waals surface area contributed by atoms with Gasteiger partial charge in [0, 0.05) is 0 Å². The molecular weight excluding hydrogens is 388 g/mol. The molecule has 0 N–H and O–H groups in total. The third-order valence-electron chi connectivity index (χ3n) is 4.88. The van der Waals surface area contributed by atoms with Gasteiger partial charge < -0.3 is 9.47 Å². The van der Waals surface area contributed by atoms with E-state index in [0.29, 0.717) is 23.0 Å². The molecule has 29 heavy (non-hydrogen) atoms. The number of hydrogen-bond donors (Lipinski definition) is 0. The smallest absolute Gasteiger partial charge is 0.343 e. The van der Waals surface area contributed by atoms with Gasteiger partial charge in [-0.1, -0.05) is 46.2 Å². The maximum Gasteiger partial charge on any atom is 0.343 e. The van der Waals surface area contributed by atoms with Gasteiger partial charge in [0.05, 0.1) is 5.56 Å². The quantitative estimate of drug-likeness (QED) is 0.283. The molecule has 0 fully saturated rings. The van der Waals surface area contributed by atoms with E-state index in [4.69, 9.17) is 21.1 Å². The molecule has 2 rings (SSSR count). The lowest BCUT2D eigenvalue weighted by Gasteiger charge is -2.12. The summed E-state index contributed by atoms with van der Waals surface area (Å²) in [5.74, 6) is 0.478. The Hall–Kier alpha value is -2.33. The van der Waals surface area contributed by atoms with E-state index in [1.165, 1.54) is 12.0 Å². The Morgan fingerprint density at radius 2 is 1.45 bits per heavy atom. The molecule has 2 aromatic rings. The zero-order valence-corrected chi connectivity index (χ0v) is 18.2. The van der Waals surface area contributed by atoms with E-state index in [1.54, 1.807) is 36.4 Å². The van der Waals surface area contributed by atoms with Crippen LogP contribution < -0.4 is 9.47 Å². The maximum absolute atomic E-state index is 12.3. The first-order valence-corrected chi connectivity index (χ1v) is 10.5. The average Bonchev–Trinajstić information content (AvgIpc) is 2.72. The van der Waals surface area contributed by atoms with Crippen LogP contribution in [0.2, 0.25) is 0 Å². The summed E-state index contributed by atoms with van der Waals surface area (Å²) in [6, 6.07) is 13.8. The van der Waals surface area contributed by atoms with Gasteiger partial charge >= 0.3 is 11.9 Å². The summed E-state index contributed by atoms with van der Waals surface area (Å²) in [4.78, 5) is 24.2. The first kappa shape index (κ1) is 23.0. The van der Waals surface area contributed by atoms with Crippen LogP contribution in [-0.2, 0) is 11.2 Å². The predicted octanol–water partition coefficient (Wildman–Crippen LogP) is 6.05. The average molecular weight is 417 g/mol. The van der Waals surface area contributed by atoms with Crippen molar-refractivity contribution >= 4 is 23.5 Å². The SMILES string of the molecule is CCC(C)CCc1ccc(C(=O)Oc2ccc(OC(=O)C(Cl)C(C)C)cc2)cc1. The zero-order valence-electron chi connectivity index (χ0n) is 17.5. The minimum Gasteiger partial charge on any atom is -0.425 e. The second-order valence-electron chi connectivity index (χ2n) is 7.68. The second-order valence-corrected chi connectivity index (χ2v) is 8.15. The lowest BCUT2D eigenvalue weighted by molar-refractivity contribution is -0.134. The molecule has 2 aromatic carbocycles. The number of hydrogen-bond acceptors (Lipinski definition) is 4. The van der Waals surface area contributed by atoms with Gasteiger partial charge in [-0.05, 0) is 66.6 Å². The molecule has 2 unspecified atom stereocenters. The van der Waals surface area contributed by atoms with Gasteiger partial charge in [-0.3, -0.25) is 4.79 Å². The topological polar surface area (TPSA) is 52.6 Å². The molecule has 0 spiro atoms. The molecule has 4 nitrogen and oxygen atoms in total. The molecule has 5 heteroatoms. The van der Waals surface area contributed by atoms with Gasteiger partial charge in [0.25, 0.3) is 0 Å². The Bertz CT molecular complexity index is 797. The standard InChI is InChI=1S/C24H29ClO4/c1-5-17(4)6-7-18-8-10-19(11-9-18)23(26)28-20-12-14-21(15-13-20)29-24(27)22(25)16(2)3/h8-17,22H,5-7H2,1-4H3. The van der Waals surface area contributed by atoms with Crippen molar-refractivity contribution in [2.75, 3.05) is 0 Å². The van der Waals surface area contributed by atoms with Crippen molar-refractivity contribution in [3.8, 4) is 11.5 Å². The van der Waals surface area contributed by atoms with E-state index in [9.17, 15) is 9.59 Å². The van der Waals surface area contributed by atoms with Crippen LogP contribution in [0.4, 0.5) is 0 Å². The molecule has 0 heterocycles. The van der Waals surface area contributed by atoms with E-state index in [2.05, 4.69) is 13.8 Å². The fourth-order valence-corrected chi connectivity index (χ4v) is 2.66. The minimum absolute atomic E-state index is 0.0224. The fourth-order valence-electron chi connectivity index (χ4n) is 2.61. The van der Waals surface area contributed by atoms with Crippen LogP contribution in [0.25, 0.3) is 0 Å². The van der Waals surface area contributed by atoms with E-state index >= 15 is 0 Å². The molecule has 156 valence electrons. The van der Waals surface area contributed by atoms with Crippen molar-refractivity contribution < 1.29 is 19.1 Å². The van der Waals surface area contributed by atoms with Crippen molar-refractivity contribution in [2.45, 2.75) is 52.3 Å². The molecule has 0 bridgehead atoms. The second kappa shape index (κ2) is 11.0. The third-order valence-corrected chi connectivity index (χ3v) is 5.56. The largest absolute Gasteiger partial charge is 0.425 e. The Kier molecular flexibility index (Phi) is 8.71. The summed E-state index contributed by atoms with van der Waals surface area (Å²) in [6.07, 6.45) is 3.32. The molecule has 0 aromatic heterocycles. The molecule has 0 radical (unpaired) electrons. The number of esters is 2. The highest BCUT2D eigenvalue weighted by atomic mass is 35.5. The van der Waals surface area contributed by atoms with Gasteiger partial charge in [-0.25, -0.2) is 4.79 Å². The molecule has 2 atom stereocenters. The summed E-state index contributed by atoms with van der Waals surface area (Å²) >= 11 is 5.99. The van der Waals surface area contributed by atoms with Crippen molar-refractivity contribution in [2.24, 2.45) is 11.8 Å². The number of halogens is 1. The normalized spacial score (nSPS) is 13.0. The van der Waals surface area contributed by atoms with Gasteiger partial charge in [-0.2, -0.15) is 0 Å². The fraction of sp³-hybridized carbons (Fsp3) is 0.417. The van der Waals surface area contributed by atoms with Crippen LogP contribution in [0.3, 0.4) is 0 Å². The minimum atomic E-state index is -0.708. The van der Waals surface area contributed by atoms with E-state index in [0.717, 1.165) is 12.8 Å². The van der Waals surface area contributed by atoms with Crippen LogP contribution in [0.5, 0.6) is 11.5 Å². The molecule has 0 saturated carbocycles. The zero-order chi connectivity index (χ0) is 21.4. The van der Waals surface area contributed by atoms with Crippen LogP contribution >= 0.6 is 11.6 Å². The van der Waals surface area contributed by atoms with Crippen LogP contribution in [0.15, 0.2) is 48.5 Å². The summed E-state index contributed by atoms with van der Waals surface area (Å²) in [6.45, 7) is 8.14. The molecular formula is C24H29ClO4. The highest BCUT2D eigenvalue weighted by Gasteiger charge is 2.21. The molecule has 0 aliphatic heterocycles. The molecule has 0 aliphatic carbocycles. The first-order chi connectivity index (χ1) is 13.8. The van der Waals surface area contributed by atoms with Crippen molar-refractivity contribution in [1.29, 1.82) is 0 Å². The Morgan fingerprint density at radius 3 is 1.97 bits per heavy atom. The van der Waals surface area contributed by atoms with Crippen LogP contribution in [0.1, 0.15) is 56.5 Å². The summed E-state index contributed by atoms with van der Waals surface area (Å²) in [5, 5.41) is -0.708. The number of ether oxygens (including phenoxy) is 2. The van der Waals surface area contributed by atoms with Crippen LogP contribution in [0, 0.1) is 11.8 Å². The Balaban J connectivity index is 1.91. The van der Waals surface area contributed by atoms with E-state index < -0.39 is 17.3 Å². The monoisotopic (exact) mass is 416 g/mol. The lowest BCUT2D eigenvalue weighted by atomic mass is 9.98. The van der Waals surface area contributed by atoms with Crippen molar-refractivity contribution in [1.82, 2.24) is 0 Å². The Labute approximate surface area is 178 Å². The van der Waals surface area contributed by atoms with Crippen LogP contribution in [-0.4, -0.2) is 17.3 Å². The highest BCUT2D eigenvalue weighted by molar-refractivity contribution is 6.30. The molecule has 0 saturated heterocycles. The van der Waals surface area contributed by atoms with Gasteiger partial charge in [0.1, 0.15) is 16.9 Å². The number of benzene rings is 2. The first-order valence-electron chi connectivity index (χ1n) is 10.1. The summed E-state index contributed by atoms with van der Waals surface area (Å²) in [7, 11) is 0. The van der Waals surface area contributed by atoms with Crippen molar-refractivity contribution in [3.05, 3.63) is 59.7 Å². The summed E-state index contributed by atoms with van der Waals surface area (Å²) in [5.41, 5.74) is 1.71. The number of carbonyl (C=O) groups is 2.